The quantitative estimate of drug-likeness (QED) is 0.0601. The van der Waals surface area contributed by atoms with Crippen molar-refractivity contribution in [2.75, 3.05) is 16.8 Å². The molecule has 1 fully saturated rings. The molecular weight excluding hydrogens is 708 g/mol. The minimum absolute atomic E-state index is 0.0808. The van der Waals surface area contributed by atoms with Crippen LogP contribution in [0.5, 0.6) is 0 Å². The SMILES string of the molecule is C[C@@H]1[C@@H]([Si](C)(C)F)[C@H](CCn2cc(C(CO)c3ccccc3)nn2)O[C@@]12C(=O)N(Cc1cccc(NC(=O)c3ccccc3)c1)c1ccc([N+](=O)[O-])cc12. The Labute approximate surface area is 312 Å². The number of rotatable bonds is 12. The first-order valence-corrected chi connectivity index (χ1v) is 20.8. The summed E-state index contributed by atoms with van der Waals surface area (Å²) in [5.41, 5.74) is 1.50. The number of fused-ring (bicyclic) bond motifs is 2. The van der Waals surface area contributed by atoms with Crippen molar-refractivity contribution in [2.45, 2.75) is 62.7 Å². The van der Waals surface area contributed by atoms with E-state index in [1.807, 2.05) is 49.4 Å². The number of aliphatic hydroxyl groups is 1. The first kappa shape index (κ1) is 36.8. The van der Waals surface area contributed by atoms with Crippen LogP contribution in [0.2, 0.25) is 18.6 Å². The molecule has 0 aliphatic carbocycles. The third-order valence-electron chi connectivity index (χ3n) is 10.7. The van der Waals surface area contributed by atoms with Crippen LogP contribution < -0.4 is 10.2 Å². The molecule has 1 spiro atoms. The van der Waals surface area contributed by atoms with Crippen LogP contribution in [0.3, 0.4) is 0 Å². The highest BCUT2D eigenvalue weighted by atomic mass is 28.4. The number of nitrogens with one attached hydrogen (secondary N) is 1. The maximum absolute atomic E-state index is 16.5. The molecule has 4 aromatic carbocycles. The van der Waals surface area contributed by atoms with Crippen LogP contribution in [0.15, 0.2) is 109 Å². The molecule has 54 heavy (non-hydrogen) atoms. The van der Waals surface area contributed by atoms with Gasteiger partial charge in [-0.3, -0.25) is 24.4 Å². The summed E-state index contributed by atoms with van der Waals surface area (Å²) in [5, 5.41) is 33.7. The van der Waals surface area contributed by atoms with E-state index in [9.17, 15) is 24.8 Å². The average molecular weight is 749 g/mol. The first-order valence-electron chi connectivity index (χ1n) is 17.9. The highest BCUT2D eigenvalue weighted by Crippen LogP contribution is 2.60. The van der Waals surface area contributed by atoms with Crippen molar-refractivity contribution in [3.63, 3.8) is 0 Å². The molecule has 1 aromatic heterocycles. The van der Waals surface area contributed by atoms with E-state index >= 15 is 4.11 Å². The monoisotopic (exact) mass is 748 g/mol. The molecule has 1 unspecified atom stereocenters. The van der Waals surface area contributed by atoms with Crippen LogP contribution in [0.25, 0.3) is 0 Å². The topological polar surface area (TPSA) is 153 Å². The molecule has 0 bridgehead atoms. The van der Waals surface area contributed by atoms with Gasteiger partial charge in [-0.1, -0.05) is 72.8 Å². The minimum atomic E-state index is -3.53. The molecule has 2 aliphatic heterocycles. The number of nitrogens with zero attached hydrogens (tertiary/aromatic N) is 5. The number of aliphatic hydroxyl groups excluding tert-OH is 1. The molecule has 5 aromatic rings. The van der Waals surface area contributed by atoms with Gasteiger partial charge >= 0.3 is 0 Å². The second-order valence-corrected chi connectivity index (χ2v) is 18.3. The fourth-order valence-corrected chi connectivity index (χ4v) is 10.7. The number of amides is 2. The molecule has 14 heteroatoms. The van der Waals surface area contributed by atoms with Gasteiger partial charge < -0.3 is 24.2 Å². The van der Waals surface area contributed by atoms with E-state index < -0.39 is 42.4 Å². The van der Waals surface area contributed by atoms with Gasteiger partial charge in [0, 0.05) is 53.1 Å². The van der Waals surface area contributed by atoms with Crippen LogP contribution >= 0.6 is 0 Å². The highest BCUT2D eigenvalue weighted by molar-refractivity contribution is 6.72. The van der Waals surface area contributed by atoms with Crippen molar-refractivity contribution in [2.24, 2.45) is 5.92 Å². The Hall–Kier alpha value is -5.57. The molecule has 1 saturated heterocycles. The van der Waals surface area contributed by atoms with Crippen LogP contribution in [-0.4, -0.2) is 58.0 Å². The molecular formula is C40H41FN6O6Si. The Morgan fingerprint density at radius 2 is 1.78 bits per heavy atom. The molecule has 5 atom stereocenters. The predicted molar refractivity (Wildman–Crippen MR) is 203 cm³/mol. The van der Waals surface area contributed by atoms with Gasteiger partial charge in [0.1, 0.15) is 0 Å². The molecule has 3 heterocycles. The van der Waals surface area contributed by atoms with Crippen molar-refractivity contribution in [3.8, 4) is 0 Å². The van der Waals surface area contributed by atoms with Crippen LogP contribution in [0.4, 0.5) is 21.2 Å². The summed E-state index contributed by atoms with van der Waals surface area (Å²) >= 11 is 0. The van der Waals surface area contributed by atoms with Crippen LogP contribution in [0.1, 0.15) is 52.0 Å². The molecule has 7 rings (SSSR count). The molecule has 2 aliphatic rings. The van der Waals surface area contributed by atoms with Gasteiger partial charge in [-0.2, -0.15) is 0 Å². The van der Waals surface area contributed by atoms with Gasteiger partial charge in [0.05, 0.1) is 41.5 Å². The Bertz CT molecular complexity index is 2180. The van der Waals surface area contributed by atoms with E-state index in [0.29, 0.717) is 46.7 Å². The zero-order valence-corrected chi connectivity index (χ0v) is 31.1. The van der Waals surface area contributed by atoms with E-state index in [-0.39, 0.29) is 30.7 Å². The summed E-state index contributed by atoms with van der Waals surface area (Å²) < 4.78 is 24.9. The Balaban J connectivity index is 1.18. The summed E-state index contributed by atoms with van der Waals surface area (Å²) in [7, 11) is -3.53. The number of non-ortho nitro benzene ring substituents is 1. The van der Waals surface area contributed by atoms with E-state index in [2.05, 4.69) is 15.6 Å². The number of hydrogen-bond acceptors (Lipinski definition) is 8. The lowest BCUT2D eigenvalue weighted by Crippen LogP contribution is -2.45. The van der Waals surface area contributed by atoms with Gasteiger partial charge in [-0.15, -0.1) is 5.10 Å². The smallest absolute Gasteiger partial charge is 0.269 e. The van der Waals surface area contributed by atoms with Gasteiger partial charge in [-0.25, -0.2) is 0 Å². The number of nitro groups is 1. The number of carbonyl (C=O) groups is 2. The number of nitro benzene ring substituents is 1. The molecule has 278 valence electrons. The normalized spacial score (nSPS) is 21.3. The third kappa shape index (κ3) is 6.83. The number of halogens is 1. The second kappa shape index (κ2) is 14.7. The minimum Gasteiger partial charge on any atom is -0.395 e. The van der Waals surface area contributed by atoms with Crippen molar-refractivity contribution in [1.29, 1.82) is 0 Å². The summed E-state index contributed by atoms with van der Waals surface area (Å²) in [6, 6.07) is 29.7. The van der Waals surface area contributed by atoms with Crippen molar-refractivity contribution in [1.82, 2.24) is 15.0 Å². The van der Waals surface area contributed by atoms with E-state index in [1.165, 1.54) is 12.1 Å². The lowest BCUT2D eigenvalue weighted by atomic mass is 9.82. The largest absolute Gasteiger partial charge is 0.395 e. The van der Waals surface area contributed by atoms with Crippen molar-refractivity contribution in [3.05, 3.63) is 147 Å². The number of anilines is 2. The second-order valence-electron chi connectivity index (χ2n) is 14.5. The lowest BCUT2D eigenvalue weighted by molar-refractivity contribution is -0.385. The number of hydrogen-bond donors (Lipinski definition) is 2. The van der Waals surface area contributed by atoms with Gasteiger partial charge in [-0.05, 0) is 61.0 Å². The van der Waals surface area contributed by atoms with Crippen molar-refractivity contribution >= 4 is 37.3 Å². The third-order valence-corrected chi connectivity index (χ3v) is 13.1. The highest BCUT2D eigenvalue weighted by Gasteiger charge is 2.66. The Morgan fingerprint density at radius 1 is 1.06 bits per heavy atom. The summed E-state index contributed by atoms with van der Waals surface area (Å²) in [5.74, 6) is -1.73. The Morgan fingerprint density at radius 3 is 2.46 bits per heavy atom. The fourth-order valence-electron chi connectivity index (χ4n) is 8.20. The Kier molecular flexibility index (Phi) is 10.0. The van der Waals surface area contributed by atoms with Gasteiger partial charge in [0.2, 0.25) is 8.41 Å². The van der Waals surface area contributed by atoms with E-state index in [4.69, 9.17) is 4.74 Å². The number of ether oxygens (including phenoxy) is 1. The summed E-state index contributed by atoms with van der Waals surface area (Å²) in [6.45, 7) is 5.23. The van der Waals surface area contributed by atoms with Crippen LogP contribution in [0, 0.1) is 16.0 Å². The van der Waals surface area contributed by atoms with Gasteiger partial charge in [0.25, 0.3) is 17.5 Å². The maximum Gasteiger partial charge on any atom is 0.269 e. The average Bonchev–Trinajstić information content (AvgIpc) is 3.82. The first-order chi connectivity index (χ1) is 25.9. The number of aryl methyl sites for hydroxylation is 1. The number of aromatic nitrogens is 3. The van der Waals surface area contributed by atoms with E-state index in [1.54, 1.807) is 77.4 Å². The standard InChI is InChI=1S/C40H41FN6O6Si/c1-26-37(54(2,3)41)36(19-20-45-24-34(43-44-45)32(25-48)28-12-6-4-7-13-28)53-40(26)33-22-31(47(51)52)17-18-35(33)46(39(40)50)23-27-11-10-16-30(21-27)42-38(49)29-14-8-5-9-15-29/h4-18,21-22,24,26,32,36-37,48H,19-20,23,25H2,1-3H3,(H,42,49)/t26-,32?,36+,37-,40+/m1/s1. The molecule has 2 amide bonds. The molecule has 0 radical (unpaired) electrons. The number of carbonyl (C=O) groups excluding carboxylic acids is 2. The summed E-state index contributed by atoms with van der Waals surface area (Å²) in [6.07, 6.45) is 1.34. The van der Waals surface area contributed by atoms with Gasteiger partial charge in [0.15, 0.2) is 5.60 Å². The predicted octanol–water partition coefficient (Wildman–Crippen LogP) is 6.97. The summed E-state index contributed by atoms with van der Waals surface area (Å²) in [4.78, 5) is 40.8. The van der Waals surface area contributed by atoms with Crippen LogP contribution in [-0.2, 0) is 28.2 Å². The zero-order valence-electron chi connectivity index (χ0n) is 30.1. The molecule has 2 N–H and O–H groups in total. The molecule has 12 nitrogen and oxygen atoms in total. The van der Waals surface area contributed by atoms with E-state index in [0.717, 1.165) is 5.56 Å². The maximum atomic E-state index is 16.5. The van der Waals surface area contributed by atoms with Crippen molar-refractivity contribution < 1.29 is 28.5 Å². The fraction of sp³-hybridized carbons (Fsp3) is 0.300. The lowest BCUT2D eigenvalue weighted by Gasteiger charge is -2.31. The zero-order chi connectivity index (χ0) is 38.2. The number of benzene rings is 4. The molecule has 0 saturated carbocycles.